The Morgan fingerprint density at radius 3 is 2.74 bits per heavy atom. The third-order valence-corrected chi connectivity index (χ3v) is 6.30. The van der Waals surface area contributed by atoms with E-state index in [0.29, 0.717) is 24.8 Å². The number of benzene rings is 1. The summed E-state index contributed by atoms with van der Waals surface area (Å²) < 4.78 is 32.4. The van der Waals surface area contributed by atoms with E-state index in [1.165, 1.54) is 12.1 Å². The van der Waals surface area contributed by atoms with Gasteiger partial charge in [0, 0.05) is 44.9 Å². The minimum Gasteiger partial charge on any atom is -0.377 e. The number of nitrogens with one attached hydrogen (secondary N) is 1. The third kappa shape index (κ3) is 5.08. The molecule has 1 N–H and O–H groups in total. The summed E-state index contributed by atoms with van der Waals surface area (Å²) in [6.45, 7) is 4.51. The van der Waals surface area contributed by atoms with Crippen LogP contribution in [-0.2, 0) is 14.8 Å². The Morgan fingerprint density at radius 2 is 2.07 bits per heavy atom. The first-order chi connectivity index (χ1) is 13.0. The van der Waals surface area contributed by atoms with E-state index in [4.69, 9.17) is 11.2 Å². The molecule has 0 spiro atoms. The fourth-order valence-electron chi connectivity index (χ4n) is 3.41. The molecule has 0 saturated carbocycles. The predicted octanol–water partition coefficient (Wildman–Crippen LogP) is 0.535. The van der Waals surface area contributed by atoms with Crippen LogP contribution < -0.4 is 4.72 Å². The zero-order valence-corrected chi connectivity index (χ0v) is 16.1. The van der Waals surface area contributed by atoms with E-state index in [0.717, 1.165) is 39.1 Å². The fourth-order valence-corrected chi connectivity index (χ4v) is 4.39. The minimum atomic E-state index is -3.72. The molecule has 2 aliphatic heterocycles. The molecule has 2 saturated heterocycles. The number of piperazine rings is 1. The molecular formula is C19H25N3O4S. The highest BCUT2D eigenvalue weighted by atomic mass is 32.2. The van der Waals surface area contributed by atoms with Crippen LogP contribution in [0.4, 0.5) is 0 Å². The summed E-state index contributed by atoms with van der Waals surface area (Å²) >= 11 is 0. The normalized spacial score (nSPS) is 21.1. The minimum absolute atomic E-state index is 0.0422. The summed E-state index contributed by atoms with van der Waals surface area (Å²) in [6, 6.07) is 6.07. The van der Waals surface area contributed by atoms with Crippen molar-refractivity contribution in [2.45, 2.75) is 23.8 Å². The van der Waals surface area contributed by atoms with Crippen LogP contribution in [0.2, 0.25) is 0 Å². The first-order valence-electron chi connectivity index (χ1n) is 9.16. The summed E-state index contributed by atoms with van der Waals surface area (Å²) in [5, 5.41) is 0. The number of nitrogens with zero attached hydrogens (tertiary/aromatic N) is 2. The monoisotopic (exact) mass is 391 g/mol. The molecule has 2 heterocycles. The predicted molar refractivity (Wildman–Crippen MR) is 102 cm³/mol. The second-order valence-corrected chi connectivity index (χ2v) is 8.55. The van der Waals surface area contributed by atoms with Gasteiger partial charge in [0.15, 0.2) is 0 Å². The van der Waals surface area contributed by atoms with Crippen molar-refractivity contribution >= 4 is 15.9 Å². The number of carbonyl (C=O) groups excluding carboxylic acids is 1. The van der Waals surface area contributed by atoms with Gasteiger partial charge in [0.25, 0.3) is 5.91 Å². The van der Waals surface area contributed by atoms with Crippen LogP contribution >= 0.6 is 0 Å². The number of ether oxygens (including phenoxy) is 1. The number of rotatable bonds is 6. The molecule has 2 aliphatic rings. The van der Waals surface area contributed by atoms with E-state index in [1.807, 2.05) is 0 Å². The Hall–Kier alpha value is -1.92. The molecule has 1 aromatic carbocycles. The van der Waals surface area contributed by atoms with Gasteiger partial charge in [0.2, 0.25) is 10.0 Å². The largest absolute Gasteiger partial charge is 0.377 e. The first kappa shape index (κ1) is 19.8. The molecule has 0 bridgehead atoms. The molecule has 1 aromatic rings. The standard InChI is InChI=1S/C19H25N3O4S/c1-2-8-20-27(24,25)18-7-3-5-16(14-18)19(23)22-11-9-21(10-12-22)15-17-6-4-13-26-17/h1,3,5,7,14,17,20H,4,6,8-13,15H2. The number of sulfonamides is 1. The summed E-state index contributed by atoms with van der Waals surface area (Å²) in [7, 11) is -3.72. The summed E-state index contributed by atoms with van der Waals surface area (Å²) in [5.41, 5.74) is 0.367. The van der Waals surface area contributed by atoms with Gasteiger partial charge in [-0.1, -0.05) is 12.0 Å². The van der Waals surface area contributed by atoms with Gasteiger partial charge < -0.3 is 9.64 Å². The Kier molecular flexibility index (Phi) is 6.50. The van der Waals surface area contributed by atoms with Crippen molar-refractivity contribution in [1.82, 2.24) is 14.5 Å². The maximum Gasteiger partial charge on any atom is 0.253 e. The van der Waals surface area contributed by atoms with Gasteiger partial charge in [0.05, 0.1) is 17.5 Å². The molecule has 8 heteroatoms. The van der Waals surface area contributed by atoms with Crippen LogP contribution in [0.25, 0.3) is 0 Å². The smallest absolute Gasteiger partial charge is 0.253 e. The second kappa shape index (κ2) is 8.85. The van der Waals surface area contributed by atoms with E-state index in [9.17, 15) is 13.2 Å². The molecule has 146 valence electrons. The van der Waals surface area contributed by atoms with E-state index in [2.05, 4.69) is 15.5 Å². The van der Waals surface area contributed by atoms with E-state index < -0.39 is 10.0 Å². The molecule has 27 heavy (non-hydrogen) atoms. The van der Waals surface area contributed by atoms with Gasteiger partial charge in [0.1, 0.15) is 0 Å². The Labute approximate surface area is 160 Å². The third-order valence-electron chi connectivity index (χ3n) is 4.90. The van der Waals surface area contributed by atoms with Gasteiger partial charge in [-0.3, -0.25) is 9.69 Å². The maximum atomic E-state index is 12.8. The lowest BCUT2D eigenvalue weighted by atomic mass is 10.1. The van der Waals surface area contributed by atoms with Crippen LogP contribution in [0.3, 0.4) is 0 Å². The Bertz CT molecular complexity index is 804. The number of hydrogen-bond donors (Lipinski definition) is 1. The number of carbonyl (C=O) groups is 1. The lowest BCUT2D eigenvalue weighted by molar-refractivity contribution is 0.0432. The fraction of sp³-hybridized carbons (Fsp3) is 0.526. The highest BCUT2D eigenvalue weighted by molar-refractivity contribution is 7.89. The van der Waals surface area contributed by atoms with Crippen molar-refractivity contribution in [3.05, 3.63) is 29.8 Å². The molecule has 1 unspecified atom stereocenters. The van der Waals surface area contributed by atoms with E-state index in [1.54, 1.807) is 17.0 Å². The van der Waals surface area contributed by atoms with Crippen molar-refractivity contribution in [1.29, 1.82) is 0 Å². The topological polar surface area (TPSA) is 79.0 Å². The molecule has 1 amide bonds. The summed E-state index contributed by atoms with van der Waals surface area (Å²) in [4.78, 5) is 16.9. The SMILES string of the molecule is C#CCNS(=O)(=O)c1cccc(C(=O)N2CCN(CC3CCCO3)CC2)c1. The zero-order valence-electron chi connectivity index (χ0n) is 15.3. The van der Waals surface area contributed by atoms with Crippen LogP contribution in [0, 0.1) is 12.3 Å². The van der Waals surface area contributed by atoms with E-state index >= 15 is 0 Å². The van der Waals surface area contributed by atoms with E-state index in [-0.39, 0.29) is 17.3 Å². The zero-order chi connectivity index (χ0) is 19.3. The summed E-state index contributed by atoms with van der Waals surface area (Å²) in [6.07, 6.45) is 7.64. The lowest BCUT2D eigenvalue weighted by Crippen LogP contribution is -2.50. The Balaban J connectivity index is 1.60. The quantitative estimate of drug-likeness (QED) is 0.716. The average Bonchev–Trinajstić information content (AvgIpc) is 3.19. The van der Waals surface area contributed by atoms with Crippen molar-refractivity contribution in [2.24, 2.45) is 0 Å². The molecule has 2 fully saturated rings. The molecule has 7 nitrogen and oxygen atoms in total. The number of hydrogen-bond acceptors (Lipinski definition) is 5. The molecule has 1 atom stereocenters. The molecule has 3 rings (SSSR count). The Morgan fingerprint density at radius 1 is 1.30 bits per heavy atom. The van der Waals surface area contributed by atoms with Gasteiger partial charge >= 0.3 is 0 Å². The molecule has 0 aromatic heterocycles. The van der Waals surface area contributed by atoms with Gasteiger partial charge in [-0.15, -0.1) is 6.42 Å². The van der Waals surface area contributed by atoms with Crippen molar-refractivity contribution < 1.29 is 17.9 Å². The van der Waals surface area contributed by atoms with Gasteiger partial charge in [-0.25, -0.2) is 8.42 Å². The van der Waals surface area contributed by atoms with Crippen molar-refractivity contribution in [3.8, 4) is 12.3 Å². The molecule has 0 radical (unpaired) electrons. The van der Waals surface area contributed by atoms with Gasteiger partial charge in [-0.2, -0.15) is 4.72 Å². The highest BCUT2D eigenvalue weighted by Crippen LogP contribution is 2.17. The lowest BCUT2D eigenvalue weighted by Gasteiger charge is -2.35. The van der Waals surface area contributed by atoms with Crippen LogP contribution in [0.5, 0.6) is 0 Å². The first-order valence-corrected chi connectivity index (χ1v) is 10.6. The maximum absolute atomic E-state index is 12.8. The number of terminal acetylenes is 1. The van der Waals surface area contributed by atoms with Crippen molar-refractivity contribution in [3.63, 3.8) is 0 Å². The molecular weight excluding hydrogens is 366 g/mol. The molecule has 0 aliphatic carbocycles. The van der Waals surface area contributed by atoms with Gasteiger partial charge in [-0.05, 0) is 31.0 Å². The van der Waals surface area contributed by atoms with Crippen LogP contribution in [0.1, 0.15) is 23.2 Å². The summed E-state index contributed by atoms with van der Waals surface area (Å²) in [5.74, 6) is 2.08. The number of amides is 1. The highest BCUT2D eigenvalue weighted by Gasteiger charge is 2.26. The second-order valence-electron chi connectivity index (χ2n) is 6.78. The van der Waals surface area contributed by atoms with Crippen LogP contribution in [0.15, 0.2) is 29.2 Å². The average molecular weight is 391 g/mol. The van der Waals surface area contributed by atoms with Crippen LogP contribution in [-0.4, -0.2) is 76.1 Å². The van der Waals surface area contributed by atoms with Crippen molar-refractivity contribution in [2.75, 3.05) is 45.9 Å².